The van der Waals surface area contributed by atoms with Crippen LogP contribution in [0.15, 0.2) is 10.6 Å². The maximum atomic E-state index is 12.0. The molecule has 1 aromatic rings. The first kappa shape index (κ1) is 13.7. The lowest BCUT2D eigenvalue weighted by atomic mass is 9.74. The molecule has 0 aliphatic carbocycles. The van der Waals surface area contributed by atoms with E-state index in [1.54, 1.807) is 6.07 Å². The van der Waals surface area contributed by atoms with Crippen LogP contribution >= 0.6 is 0 Å². The molecule has 1 rings (SSSR count). The van der Waals surface area contributed by atoms with Gasteiger partial charge in [0.1, 0.15) is 0 Å². The van der Waals surface area contributed by atoms with E-state index in [0.717, 1.165) is 5.69 Å². The first-order valence-electron chi connectivity index (χ1n) is 5.64. The average molecular weight is 239 g/mol. The van der Waals surface area contributed by atoms with E-state index in [-0.39, 0.29) is 5.91 Å². The number of nitrogens with two attached hydrogens (primary N) is 1. The van der Waals surface area contributed by atoms with Gasteiger partial charge >= 0.3 is 0 Å². The summed E-state index contributed by atoms with van der Waals surface area (Å²) >= 11 is 0. The third kappa shape index (κ3) is 3.06. The van der Waals surface area contributed by atoms with Gasteiger partial charge in [-0.25, -0.2) is 0 Å². The Morgan fingerprint density at radius 2 is 2.06 bits per heavy atom. The molecule has 5 nitrogen and oxygen atoms in total. The maximum absolute atomic E-state index is 12.0. The number of aryl methyl sites for hydroxylation is 1. The summed E-state index contributed by atoms with van der Waals surface area (Å²) in [4.78, 5) is 12.0. The van der Waals surface area contributed by atoms with Crippen LogP contribution in [0.25, 0.3) is 0 Å². The highest BCUT2D eigenvalue weighted by molar-refractivity contribution is 5.83. The highest BCUT2D eigenvalue weighted by atomic mass is 16.5. The molecular formula is C12H21N3O2. The summed E-state index contributed by atoms with van der Waals surface area (Å²) in [5.74, 6) is 0.542. The molecule has 0 aliphatic rings. The molecule has 0 fully saturated rings. The molecule has 17 heavy (non-hydrogen) atoms. The Kier molecular flexibility index (Phi) is 3.62. The normalized spacial score (nSPS) is 12.6. The van der Waals surface area contributed by atoms with Crippen molar-refractivity contribution in [2.45, 2.75) is 46.7 Å². The van der Waals surface area contributed by atoms with Gasteiger partial charge in [0, 0.05) is 11.6 Å². The third-order valence-corrected chi connectivity index (χ3v) is 3.28. The molecule has 3 N–H and O–H groups in total. The fraction of sp³-hybridized carbons (Fsp3) is 0.667. The van der Waals surface area contributed by atoms with Crippen molar-refractivity contribution in [3.05, 3.63) is 17.5 Å². The average Bonchev–Trinajstić information content (AvgIpc) is 2.58. The molecule has 0 atom stereocenters. The quantitative estimate of drug-likeness (QED) is 0.831. The van der Waals surface area contributed by atoms with Crippen LogP contribution in [-0.4, -0.2) is 16.6 Å². The van der Waals surface area contributed by atoms with Gasteiger partial charge in [-0.1, -0.05) is 5.16 Å². The minimum atomic E-state index is -0.651. The van der Waals surface area contributed by atoms with Crippen LogP contribution in [0.4, 0.5) is 0 Å². The SMILES string of the molecule is Cc1cc(CNC(=O)C(C)(C)C(C)(C)N)on1. The number of carbonyl (C=O) groups is 1. The van der Waals surface area contributed by atoms with Gasteiger partial charge in [-0.05, 0) is 34.6 Å². The zero-order valence-corrected chi connectivity index (χ0v) is 11.1. The molecule has 0 unspecified atom stereocenters. The van der Waals surface area contributed by atoms with E-state index in [2.05, 4.69) is 10.5 Å². The standard InChI is InChI=1S/C12H21N3O2/c1-8-6-9(17-15-8)7-14-10(16)11(2,3)12(4,5)13/h6H,7,13H2,1-5H3,(H,14,16). The largest absolute Gasteiger partial charge is 0.359 e. The van der Waals surface area contributed by atoms with Crippen LogP contribution in [-0.2, 0) is 11.3 Å². The highest BCUT2D eigenvalue weighted by Crippen LogP contribution is 2.28. The molecule has 96 valence electrons. The highest BCUT2D eigenvalue weighted by Gasteiger charge is 2.40. The maximum Gasteiger partial charge on any atom is 0.227 e. The number of hydrogen-bond donors (Lipinski definition) is 2. The van der Waals surface area contributed by atoms with E-state index in [1.165, 1.54) is 0 Å². The van der Waals surface area contributed by atoms with Crippen molar-refractivity contribution in [2.24, 2.45) is 11.1 Å². The number of aromatic nitrogens is 1. The van der Waals surface area contributed by atoms with Crippen LogP contribution in [0.5, 0.6) is 0 Å². The monoisotopic (exact) mass is 239 g/mol. The molecular weight excluding hydrogens is 218 g/mol. The molecule has 1 heterocycles. The van der Waals surface area contributed by atoms with Crippen molar-refractivity contribution in [3.8, 4) is 0 Å². The van der Waals surface area contributed by atoms with Crippen molar-refractivity contribution < 1.29 is 9.32 Å². The fourth-order valence-electron chi connectivity index (χ4n) is 1.18. The Bertz CT molecular complexity index is 402. The smallest absolute Gasteiger partial charge is 0.227 e. The summed E-state index contributed by atoms with van der Waals surface area (Å²) in [6, 6.07) is 1.79. The van der Waals surface area contributed by atoms with Gasteiger partial charge in [0.15, 0.2) is 5.76 Å². The first-order valence-corrected chi connectivity index (χ1v) is 5.64. The lowest BCUT2D eigenvalue weighted by molar-refractivity contribution is -0.132. The van der Waals surface area contributed by atoms with E-state index in [9.17, 15) is 4.79 Å². The van der Waals surface area contributed by atoms with Crippen LogP contribution in [0.1, 0.15) is 39.1 Å². The van der Waals surface area contributed by atoms with Gasteiger partial charge in [-0.2, -0.15) is 0 Å². The van der Waals surface area contributed by atoms with E-state index in [1.807, 2.05) is 34.6 Å². The van der Waals surface area contributed by atoms with Crippen molar-refractivity contribution in [3.63, 3.8) is 0 Å². The van der Waals surface area contributed by atoms with E-state index in [0.29, 0.717) is 12.3 Å². The molecule has 0 saturated heterocycles. The fourth-order valence-corrected chi connectivity index (χ4v) is 1.18. The topological polar surface area (TPSA) is 81.2 Å². The summed E-state index contributed by atoms with van der Waals surface area (Å²) in [6.07, 6.45) is 0. The number of nitrogens with zero attached hydrogens (tertiary/aromatic N) is 1. The zero-order chi connectivity index (χ0) is 13.3. The zero-order valence-electron chi connectivity index (χ0n) is 11.1. The summed E-state index contributed by atoms with van der Waals surface area (Å²) in [7, 11) is 0. The third-order valence-electron chi connectivity index (χ3n) is 3.28. The van der Waals surface area contributed by atoms with Gasteiger partial charge in [0.2, 0.25) is 5.91 Å². The second kappa shape index (κ2) is 4.49. The Balaban J connectivity index is 2.61. The number of hydrogen-bond acceptors (Lipinski definition) is 4. The Morgan fingerprint density at radius 1 is 1.47 bits per heavy atom. The van der Waals surface area contributed by atoms with Crippen LogP contribution in [0.2, 0.25) is 0 Å². The molecule has 0 radical (unpaired) electrons. The van der Waals surface area contributed by atoms with Crippen molar-refractivity contribution >= 4 is 5.91 Å². The Hall–Kier alpha value is -1.36. The second-order valence-electron chi connectivity index (χ2n) is 5.46. The summed E-state index contributed by atoms with van der Waals surface area (Å²) in [5.41, 5.74) is 5.55. The summed E-state index contributed by atoms with van der Waals surface area (Å²) < 4.78 is 5.02. The lowest BCUT2D eigenvalue weighted by Gasteiger charge is -2.36. The molecule has 1 aromatic heterocycles. The molecule has 0 aromatic carbocycles. The lowest BCUT2D eigenvalue weighted by Crippen LogP contribution is -2.55. The van der Waals surface area contributed by atoms with Crippen molar-refractivity contribution in [2.75, 3.05) is 0 Å². The minimum absolute atomic E-state index is 0.0981. The minimum Gasteiger partial charge on any atom is -0.359 e. The van der Waals surface area contributed by atoms with E-state index >= 15 is 0 Å². The van der Waals surface area contributed by atoms with Gasteiger partial charge in [-0.15, -0.1) is 0 Å². The van der Waals surface area contributed by atoms with Crippen molar-refractivity contribution in [1.29, 1.82) is 0 Å². The second-order valence-corrected chi connectivity index (χ2v) is 5.46. The number of carbonyl (C=O) groups excluding carboxylic acids is 1. The predicted molar refractivity (Wildman–Crippen MR) is 65.1 cm³/mol. The number of nitrogens with one attached hydrogen (secondary N) is 1. The van der Waals surface area contributed by atoms with E-state index in [4.69, 9.17) is 10.3 Å². The Morgan fingerprint density at radius 3 is 2.47 bits per heavy atom. The predicted octanol–water partition coefficient (Wildman–Crippen LogP) is 1.36. The first-order chi connectivity index (χ1) is 7.64. The van der Waals surface area contributed by atoms with Gasteiger partial charge < -0.3 is 15.6 Å². The number of amides is 1. The molecule has 5 heteroatoms. The molecule has 1 amide bonds. The van der Waals surface area contributed by atoms with Gasteiger partial charge in [0.25, 0.3) is 0 Å². The molecule has 0 aliphatic heterocycles. The van der Waals surface area contributed by atoms with Crippen LogP contribution in [0, 0.1) is 12.3 Å². The number of rotatable bonds is 4. The summed E-state index contributed by atoms with van der Waals surface area (Å²) in [5, 5.41) is 6.56. The molecule has 0 saturated carbocycles. The molecule has 0 bridgehead atoms. The van der Waals surface area contributed by atoms with Crippen molar-refractivity contribution in [1.82, 2.24) is 10.5 Å². The Labute approximate surface area is 102 Å². The van der Waals surface area contributed by atoms with E-state index < -0.39 is 11.0 Å². The molecule has 0 spiro atoms. The van der Waals surface area contributed by atoms with Crippen LogP contribution < -0.4 is 11.1 Å². The summed E-state index contributed by atoms with van der Waals surface area (Å²) in [6.45, 7) is 9.50. The van der Waals surface area contributed by atoms with Crippen LogP contribution in [0.3, 0.4) is 0 Å². The van der Waals surface area contributed by atoms with Gasteiger partial charge in [-0.3, -0.25) is 4.79 Å². The van der Waals surface area contributed by atoms with Gasteiger partial charge in [0.05, 0.1) is 17.7 Å².